The van der Waals surface area contributed by atoms with Crippen LogP contribution in [0, 0.1) is 0 Å². The molecule has 45 heavy (non-hydrogen) atoms. The van der Waals surface area contributed by atoms with Crippen molar-refractivity contribution in [2.75, 3.05) is 25.5 Å². The molecule has 0 unspecified atom stereocenters. The van der Waals surface area contributed by atoms with E-state index in [0.29, 0.717) is 43.3 Å². The number of carbonyl (C=O) groups is 1. The third-order valence-electron chi connectivity index (χ3n) is 7.26. The van der Waals surface area contributed by atoms with Gasteiger partial charge in [-0.2, -0.15) is 0 Å². The Labute approximate surface area is 262 Å². The summed E-state index contributed by atoms with van der Waals surface area (Å²) in [5, 5.41) is 9.17. The maximum atomic E-state index is 12.7. The zero-order valence-corrected chi connectivity index (χ0v) is 25.9. The highest BCUT2D eigenvalue weighted by molar-refractivity contribution is 5.95. The van der Waals surface area contributed by atoms with Crippen molar-refractivity contribution < 1.29 is 23.7 Å². The summed E-state index contributed by atoms with van der Waals surface area (Å²) in [5.41, 5.74) is 2.76. The van der Waals surface area contributed by atoms with Crippen LogP contribution in [0.15, 0.2) is 91.1 Å². The van der Waals surface area contributed by atoms with Crippen molar-refractivity contribution in [2.45, 2.75) is 45.4 Å². The number of rotatable bonds is 9. The number of amides is 1. The molecule has 0 bridgehead atoms. The van der Waals surface area contributed by atoms with Crippen molar-refractivity contribution in [3.8, 4) is 23.1 Å². The fourth-order valence-corrected chi connectivity index (χ4v) is 5.16. The van der Waals surface area contributed by atoms with Gasteiger partial charge in [-0.05, 0) is 68.8 Å². The van der Waals surface area contributed by atoms with Crippen LogP contribution in [0.25, 0.3) is 11.0 Å². The molecule has 1 amide bonds. The molecule has 10 heteroatoms. The Kier molecular flexibility index (Phi) is 8.46. The van der Waals surface area contributed by atoms with E-state index in [1.54, 1.807) is 18.2 Å². The minimum atomic E-state index is -0.567. The topological polar surface area (TPSA) is 100.0 Å². The zero-order valence-electron chi connectivity index (χ0n) is 25.9. The van der Waals surface area contributed by atoms with Crippen LogP contribution in [0.4, 0.5) is 16.2 Å². The summed E-state index contributed by atoms with van der Waals surface area (Å²) in [6.45, 7) is 7.02. The number of hydrogen-bond acceptors (Lipinski definition) is 8. The molecule has 3 heterocycles. The first-order valence-electron chi connectivity index (χ1n) is 15.0. The van der Waals surface area contributed by atoms with Gasteiger partial charge in [0.2, 0.25) is 5.88 Å². The Morgan fingerprint density at radius 1 is 0.956 bits per heavy atom. The second-order valence-corrected chi connectivity index (χ2v) is 11.9. The molecule has 10 nitrogen and oxygen atoms in total. The van der Waals surface area contributed by atoms with E-state index in [1.165, 1.54) is 0 Å². The van der Waals surface area contributed by atoms with Gasteiger partial charge in [0.15, 0.2) is 5.65 Å². The van der Waals surface area contributed by atoms with E-state index in [9.17, 15) is 4.79 Å². The Morgan fingerprint density at radius 2 is 1.73 bits per heavy atom. The number of anilines is 2. The van der Waals surface area contributed by atoms with Gasteiger partial charge in [-0.25, -0.2) is 14.5 Å². The SMILES string of the molecule is COc1ccc(Cn2nc(O[C@@H]3CCN(C(=O)OC(C)(C)C)C3)c3c(Nc4cccc(Oc5ccccc5)c4)ccnc32)cc1. The highest BCUT2D eigenvalue weighted by Gasteiger charge is 2.32. The number of likely N-dealkylation sites (tertiary alicyclic amines) is 1. The van der Waals surface area contributed by atoms with Crippen LogP contribution < -0.4 is 19.5 Å². The molecule has 1 atom stereocenters. The molecule has 0 aliphatic carbocycles. The molecule has 1 aliphatic heterocycles. The Morgan fingerprint density at radius 3 is 2.49 bits per heavy atom. The highest BCUT2D eigenvalue weighted by atomic mass is 16.6. The monoisotopic (exact) mass is 607 g/mol. The number of methoxy groups -OCH3 is 1. The summed E-state index contributed by atoms with van der Waals surface area (Å²) in [6.07, 6.45) is 1.82. The van der Waals surface area contributed by atoms with Gasteiger partial charge >= 0.3 is 6.09 Å². The van der Waals surface area contributed by atoms with Crippen molar-refractivity contribution in [2.24, 2.45) is 0 Å². The molecule has 1 fully saturated rings. The fraction of sp³-hybridized carbons (Fsp3) is 0.286. The third kappa shape index (κ3) is 7.29. The molecular formula is C35H37N5O5. The van der Waals surface area contributed by atoms with Crippen molar-refractivity contribution in [1.29, 1.82) is 0 Å². The predicted octanol–water partition coefficient (Wildman–Crippen LogP) is 7.41. The summed E-state index contributed by atoms with van der Waals surface area (Å²) >= 11 is 0. The summed E-state index contributed by atoms with van der Waals surface area (Å²) in [4.78, 5) is 19.1. The highest BCUT2D eigenvalue weighted by Crippen LogP contribution is 2.35. The average Bonchev–Trinajstić information content (AvgIpc) is 3.63. The Bertz CT molecular complexity index is 1770. The van der Waals surface area contributed by atoms with Crippen molar-refractivity contribution in [3.05, 3.63) is 96.7 Å². The number of carbonyl (C=O) groups excluding carboxylic acids is 1. The van der Waals surface area contributed by atoms with Crippen molar-refractivity contribution >= 4 is 28.5 Å². The van der Waals surface area contributed by atoms with Crippen LogP contribution >= 0.6 is 0 Å². The molecule has 5 aromatic rings. The number of hydrogen-bond donors (Lipinski definition) is 1. The molecule has 3 aromatic carbocycles. The number of fused-ring (bicyclic) bond motifs is 1. The van der Waals surface area contributed by atoms with Crippen LogP contribution in [0.2, 0.25) is 0 Å². The Hall–Kier alpha value is -5.25. The second kappa shape index (κ2) is 12.8. The number of ether oxygens (including phenoxy) is 4. The molecule has 6 rings (SSSR count). The lowest BCUT2D eigenvalue weighted by Crippen LogP contribution is -2.36. The molecular weight excluding hydrogens is 570 g/mol. The van der Waals surface area contributed by atoms with E-state index in [0.717, 1.165) is 33.8 Å². The van der Waals surface area contributed by atoms with Gasteiger partial charge in [0.25, 0.3) is 0 Å². The number of benzene rings is 3. The first-order valence-corrected chi connectivity index (χ1v) is 15.0. The average molecular weight is 608 g/mol. The quantitative estimate of drug-likeness (QED) is 0.185. The largest absolute Gasteiger partial charge is 0.497 e. The molecule has 0 radical (unpaired) electrons. The number of para-hydroxylation sites is 1. The number of nitrogens with zero attached hydrogens (tertiary/aromatic N) is 4. The predicted molar refractivity (Wildman–Crippen MR) is 173 cm³/mol. The maximum Gasteiger partial charge on any atom is 0.410 e. The van der Waals surface area contributed by atoms with Crippen LogP contribution in [0.3, 0.4) is 0 Å². The Balaban J connectivity index is 1.30. The lowest BCUT2D eigenvalue weighted by Gasteiger charge is -2.24. The van der Waals surface area contributed by atoms with E-state index < -0.39 is 5.60 Å². The van der Waals surface area contributed by atoms with E-state index in [4.69, 9.17) is 29.0 Å². The summed E-state index contributed by atoms with van der Waals surface area (Å²) in [5.74, 6) is 2.69. The van der Waals surface area contributed by atoms with E-state index in [-0.39, 0.29) is 12.2 Å². The molecule has 1 saturated heterocycles. The minimum Gasteiger partial charge on any atom is -0.497 e. The number of nitrogens with one attached hydrogen (secondary N) is 1. The van der Waals surface area contributed by atoms with E-state index >= 15 is 0 Å². The summed E-state index contributed by atoms with van der Waals surface area (Å²) < 4.78 is 25.3. The normalized spacial score (nSPS) is 14.8. The van der Waals surface area contributed by atoms with Gasteiger partial charge < -0.3 is 29.2 Å². The van der Waals surface area contributed by atoms with Crippen LogP contribution in [0.5, 0.6) is 23.1 Å². The molecule has 1 aliphatic rings. The van der Waals surface area contributed by atoms with E-state index in [1.807, 2.05) is 110 Å². The lowest BCUT2D eigenvalue weighted by molar-refractivity contribution is 0.0275. The lowest BCUT2D eigenvalue weighted by atomic mass is 10.2. The molecule has 0 spiro atoms. The second-order valence-electron chi connectivity index (χ2n) is 11.9. The van der Waals surface area contributed by atoms with Gasteiger partial charge in [0.1, 0.15) is 34.3 Å². The van der Waals surface area contributed by atoms with Gasteiger partial charge in [-0.15, -0.1) is 5.10 Å². The standard InChI is InChI=1S/C35H37N5O5/c1-35(2,3)45-34(41)39-20-18-29(23-39)44-33-31-30(37-25-9-8-12-28(21-25)43-27-10-6-5-7-11-27)17-19-36-32(31)40(38-33)22-24-13-15-26(42-4)16-14-24/h5-17,19,21,29H,18,20,22-23H2,1-4H3,(H,36,37)/t29-/m1/s1. The van der Waals surface area contributed by atoms with Crippen LogP contribution in [-0.4, -0.2) is 57.7 Å². The van der Waals surface area contributed by atoms with Crippen molar-refractivity contribution in [1.82, 2.24) is 19.7 Å². The first kappa shape index (κ1) is 29.8. The first-order chi connectivity index (χ1) is 21.7. The van der Waals surface area contributed by atoms with Gasteiger partial charge in [-0.1, -0.05) is 36.4 Å². The van der Waals surface area contributed by atoms with Crippen LogP contribution in [0.1, 0.15) is 32.8 Å². The van der Waals surface area contributed by atoms with Crippen LogP contribution in [-0.2, 0) is 11.3 Å². The van der Waals surface area contributed by atoms with Gasteiger partial charge in [0, 0.05) is 30.9 Å². The summed E-state index contributed by atoms with van der Waals surface area (Å²) in [7, 11) is 1.65. The maximum absolute atomic E-state index is 12.7. The molecule has 1 N–H and O–H groups in total. The smallest absolute Gasteiger partial charge is 0.410 e. The van der Waals surface area contributed by atoms with E-state index in [2.05, 4.69) is 5.32 Å². The number of aromatic nitrogens is 3. The fourth-order valence-electron chi connectivity index (χ4n) is 5.16. The zero-order chi connectivity index (χ0) is 31.4. The van der Waals surface area contributed by atoms with Gasteiger partial charge in [-0.3, -0.25) is 0 Å². The molecule has 0 saturated carbocycles. The minimum absolute atomic E-state index is 0.249. The van der Waals surface area contributed by atoms with Gasteiger partial charge in [0.05, 0.1) is 25.9 Å². The molecule has 2 aromatic heterocycles. The molecule has 232 valence electrons. The van der Waals surface area contributed by atoms with Crippen molar-refractivity contribution in [3.63, 3.8) is 0 Å². The third-order valence-corrected chi connectivity index (χ3v) is 7.26. The number of pyridine rings is 1. The summed E-state index contributed by atoms with van der Waals surface area (Å²) in [6, 6.07) is 27.2.